The molecule has 8 amide bonds. The zero-order valence-electron chi connectivity index (χ0n) is 63.9. The van der Waals surface area contributed by atoms with Gasteiger partial charge in [-0.25, -0.2) is 4.98 Å². The van der Waals surface area contributed by atoms with E-state index in [0.717, 1.165) is 42.3 Å². The van der Waals surface area contributed by atoms with Crippen LogP contribution in [0.2, 0.25) is 0 Å². The van der Waals surface area contributed by atoms with Crippen LogP contribution in [0.5, 0.6) is 0 Å². The second-order valence-corrected chi connectivity index (χ2v) is 31.1. The van der Waals surface area contributed by atoms with Crippen LogP contribution in [0.1, 0.15) is 168 Å². The number of H-pyrrole nitrogens is 1. The van der Waals surface area contributed by atoms with Crippen molar-refractivity contribution in [3.8, 4) is 0 Å². The number of nitrogens with one attached hydrogen (secondary N) is 2. The molecule has 0 bridgehead atoms. The molecule has 0 aliphatic carbocycles. The number of aliphatic hydroxyl groups excluding tert-OH is 1. The first kappa shape index (κ1) is 83.6. The Hall–Kier alpha value is -6.82. The fraction of sp³-hybridized carbons (Fsp3) is 0.757. The average molecular weight is 1370 g/mol. The van der Waals surface area contributed by atoms with E-state index in [-0.39, 0.29) is 80.8 Å². The predicted octanol–water partition coefficient (Wildman–Crippen LogP) is 6.45. The number of rotatable bonds is 16. The first-order chi connectivity index (χ1) is 45.6. The molecule has 1 aromatic carbocycles. The third kappa shape index (κ3) is 21.8. The van der Waals surface area contributed by atoms with Gasteiger partial charge in [0.15, 0.2) is 17.3 Å². The Kier molecular flexibility index (Phi) is 31.6. The van der Waals surface area contributed by atoms with Gasteiger partial charge in [-0.05, 0) is 106 Å². The molecule has 12 atom stereocenters. The van der Waals surface area contributed by atoms with E-state index in [2.05, 4.69) is 27.1 Å². The van der Waals surface area contributed by atoms with Crippen molar-refractivity contribution in [2.24, 2.45) is 59.2 Å². The maximum Gasteiger partial charge on any atom is 0.246 e. The number of nitrogens with zero attached hydrogens (tertiary/aromatic N) is 10. The molecule has 0 radical (unpaired) electrons. The molecule has 0 saturated carbocycles. The zero-order valence-corrected chi connectivity index (χ0v) is 63.9. The fourth-order valence-electron chi connectivity index (χ4n) is 13.9. The minimum Gasteiger partial charge on any atom is -0.390 e. The smallest absolute Gasteiger partial charge is 0.246 e. The fourth-order valence-corrected chi connectivity index (χ4v) is 13.9. The van der Waals surface area contributed by atoms with Gasteiger partial charge in [-0.3, -0.25) is 52.7 Å². The average Bonchev–Trinajstić information content (AvgIpc) is 1.67. The molecule has 1 aromatic heterocycles. The van der Waals surface area contributed by atoms with Crippen molar-refractivity contribution < 1.29 is 57.8 Å². The molecule has 2 aromatic rings. The maximum atomic E-state index is 15.6. The topological polar surface area (TPSA) is 278 Å². The predicted molar refractivity (Wildman–Crippen MR) is 382 cm³/mol. The molecule has 3 N–H and O–H groups in total. The van der Waals surface area contributed by atoms with Crippen LogP contribution in [-0.2, 0) is 59.2 Å². The molecule has 0 unspecified atom stereocenters. The number of piperazine rings is 1. The standard InChI is InChI=1S/C74H124N12O12/c1-25-51-38-62(89)66(67(91)48(14)37-63-76-54-27-26-52(39-55(54)77-63)86-30-28-78(17)29-31-86)85(24)74(98)65(47(12)13)84(23)73(97)59(35-45(8)9)83(22)72(96)58(34-44(6)7)82(21)69(93)50(16)75-68(92)49(15)36-60(87)57(33-43(4)5)81(20)71(95)53(46(10)11)40-61(88)56(32-42(2)3)80(19)64(90)41-79(18)70(51)94/h26-27,39,42-51,53,56-59,65-67,91H,25,28-38,40-41H2,1-24H3,(H,75,92)(H,76,77)/t48-,49-,50-,51-,53+,56+,57+,58+,59+,65+,66-,67-/m1/s1. The van der Waals surface area contributed by atoms with Crippen LogP contribution in [-0.4, -0.2) is 256 Å². The number of aromatic amines is 1. The van der Waals surface area contributed by atoms with Crippen molar-refractivity contribution in [2.45, 2.75) is 217 Å². The number of likely N-dealkylation sites (N-methyl/N-ethyl adjacent to an activating group) is 8. The summed E-state index contributed by atoms with van der Waals surface area (Å²) in [5.41, 5.74) is 2.53. The van der Waals surface area contributed by atoms with Crippen LogP contribution in [0, 0.1) is 59.2 Å². The lowest BCUT2D eigenvalue weighted by molar-refractivity contribution is -0.157. The Morgan fingerprint density at radius 1 is 0.520 bits per heavy atom. The van der Waals surface area contributed by atoms with Gasteiger partial charge in [-0.2, -0.15) is 0 Å². The number of amides is 8. The molecular weight excluding hydrogens is 1250 g/mol. The number of ketones is 3. The van der Waals surface area contributed by atoms with Crippen LogP contribution < -0.4 is 10.2 Å². The molecule has 3 heterocycles. The van der Waals surface area contributed by atoms with Crippen molar-refractivity contribution in [1.29, 1.82) is 0 Å². The van der Waals surface area contributed by atoms with Gasteiger partial charge in [-0.15, -0.1) is 0 Å². The first-order valence-corrected chi connectivity index (χ1v) is 35.9. The van der Waals surface area contributed by atoms with E-state index in [1.165, 1.54) is 85.7 Å². The number of imidazole rings is 1. The summed E-state index contributed by atoms with van der Waals surface area (Å²) >= 11 is 0. The van der Waals surface area contributed by atoms with Gasteiger partial charge in [0.1, 0.15) is 36.0 Å². The van der Waals surface area contributed by atoms with E-state index in [4.69, 9.17) is 4.98 Å². The van der Waals surface area contributed by atoms with E-state index in [9.17, 15) is 38.7 Å². The lowest BCUT2D eigenvalue weighted by atomic mass is 9.84. The summed E-state index contributed by atoms with van der Waals surface area (Å²) in [5.74, 6) is -10.7. The Balaban J connectivity index is 1.90. The number of hydrogen-bond acceptors (Lipinski definition) is 15. The molecule has 2 aliphatic rings. The molecule has 2 aliphatic heterocycles. The van der Waals surface area contributed by atoms with E-state index >= 15 is 19.2 Å². The number of aromatic nitrogens is 2. The number of benzene rings is 1. The summed E-state index contributed by atoms with van der Waals surface area (Å²) in [6, 6.07) is -2.32. The Bertz CT molecular complexity index is 3080. The molecule has 2 fully saturated rings. The number of anilines is 1. The quantitative estimate of drug-likeness (QED) is 0.163. The third-order valence-corrected chi connectivity index (χ3v) is 20.2. The number of fused-ring (bicyclic) bond motifs is 1. The van der Waals surface area contributed by atoms with Gasteiger partial charge in [0.05, 0.1) is 35.8 Å². The summed E-state index contributed by atoms with van der Waals surface area (Å²) in [7, 11) is 12.4. The molecule has 24 nitrogen and oxygen atoms in total. The number of hydrogen-bond donors (Lipinski definition) is 3. The van der Waals surface area contributed by atoms with Gasteiger partial charge < -0.3 is 59.5 Å². The molecule has 2 saturated heterocycles. The largest absolute Gasteiger partial charge is 0.390 e. The van der Waals surface area contributed by atoms with Crippen molar-refractivity contribution in [3.63, 3.8) is 0 Å². The van der Waals surface area contributed by atoms with Crippen LogP contribution in [0.4, 0.5) is 5.69 Å². The van der Waals surface area contributed by atoms with Crippen LogP contribution in [0.3, 0.4) is 0 Å². The summed E-state index contributed by atoms with van der Waals surface area (Å²) < 4.78 is 0. The highest BCUT2D eigenvalue weighted by atomic mass is 16.3. The Labute approximate surface area is 585 Å². The number of Topliss-reactive ketones (excluding diaryl/α,β-unsaturated/α-hetero) is 3. The van der Waals surface area contributed by atoms with Crippen LogP contribution >= 0.6 is 0 Å². The van der Waals surface area contributed by atoms with Crippen LogP contribution in [0.25, 0.3) is 11.0 Å². The molecule has 0 spiro atoms. The first-order valence-electron chi connectivity index (χ1n) is 35.9. The van der Waals surface area contributed by atoms with Gasteiger partial charge in [0.25, 0.3) is 0 Å². The Morgan fingerprint density at radius 3 is 1.51 bits per heavy atom. The number of aliphatic hydroxyl groups is 1. The lowest BCUT2D eigenvalue weighted by Crippen LogP contribution is -2.62. The van der Waals surface area contributed by atoms with E-state index in [1.807, 2.05) is 87.4 Å². The van der Waals surface area contributed by atoms with E-state index < -0.39 is 156 Å². The molecule has 4 rings (SSSR count). The molecule has 24 heteroatoms. The van der Waals surface area contributed by atoms with Crippen molar-refractivity contribution in [3.05, 3.63) is 24.0 Å². The normalized spacial score (nSPS) is 26.3. The van der Waals surface area contributed by atoms with Gasteiger partial charge >= 0.3 is 0 Å². The zero-order chi connectivity index (χ0) is 74.4. The number of carbonyl (C=O) groups excluding carboxylic acids is 11. The van der Waals surface area contributed by atoms with Crippen LogP contribution in [0.15, 0.2) is 18.2 Å². The minimum absolute atomic E-state index is 0.0750. The maximum absolute atomic E-state index is 15.6. The summed E-state index contributed by atoms with van der Waals surface area (Å²) in [4.78, 5) is 185. The molecule has 98 heavy (non-hydrogen) atoms. The molecular formula is C74H124N12O12. The third-order valence-electron chi connectivity index (χ3n) is 20.2. The van der Waals surface area contributed by atoms with E-state index in [0.29, 0.717) is 11.3 Å². The summed E-state index contributed by atoms with van der Waals surface area (Å²) in [6.45, 7) is 31.9. The highest BCUT2D eigenvalue weighted by Gasteiger charge is 2.46. The minimum atomic E-state index is -1.59. The monoisotopic (exact) mass is 1370 g/mol. The second-order valence-electron chi connectivity index (χ2n) is 31.1. The van der Waals surface area contributed by atoms with E-state index in [1.54, 1.807) is 34.6 Å². The Morgan fingerprint density at radius 2 is 1.00 bits per heavy atom. The van der Waals surface area contributed by atoms with Crippen molar-refractivity contribution in [1.82, 2.24) is 54.5 Å². The van der Waals surface area contributed by atoms with Gasteiger partial charge in [-0.1, -0.05) is 104 Å². The summed E-state index contributed by atoms with van der Waals surface area (Å²) in [5, 5.41) is 15.5. The SMILES string of the molecule is CC[C@@H]1CC(=O)[C@H]([C@H](O)[C@H](C)Cc2nc3ccc(N4CCN(C)CC4)cc3[nH]2)N(C)C(=O)[C@H](C(C)C)N(C)C(=O)[C@H](CC(C)C)N(C)C(=O)[C@H](CC(C)C)N(C)C(=O)[C@@H](C)NC(=O)[C@H](C)CC(=O)[C@H](CC(C)C)N(C)C(=O)[C@H](C(C)C)CC(=O)[C@H](CC(C)C)N(C)C(=O)CN(C)C1=O. The second kappa shape index (κ2) is 37.0. The highest BCUT2D eigenvalue weighted by Crippen LogP contribution is 2.31. The lowest BCUT2D eigenvalue weighted by Gasteiger charge is -2.41. The number of carbonyl (C=O) groups is 11. The van der Waals surface area contributed by atoms with Crippen molar-refractivity contribution in [2.75, 3.05) is 94.0 Å². The van der Waals surface area contributed by atoms with Crippen molar-refractivity contribution >= 4 is 81.3 Å². The van der Waals surface area contributed by atoms with Gasteiger partial charge in [0, 0.05) is 125 Å². The molecule has 552 valence electrons. The van der Waals surface area contributed by atoms with Gasteiger partial charge in [0.2, 0.25) is 47.3 Å². The highest BCUT2D eigenvalue weighted by molar-refractivity contribution is 5.99. The summed E-state index contributed by atoms with van der Waals surface area (Å²) in [6.07, 6.45) is -1.54.